The van der Waals surface area contributed by atoms with Gasteiger partial charge in [-0.1, -0.05) is 12.0 Å². The lowest BCUT2D eigenvalue weighted by molar-refractivity contribution is -0.130. The van der Waals surface area contributed by atoms with Crippen molar-refractivity contribution in [1.29, 1.82) is 0 Å². The smallest absolute Gasteiger partial charge is 0.332 e. The number of imidazole rings is 1. The molecular weight excluding hydrogens is 428 g/mol. The predicted molar refractivity (Wildman–Crippen MR) is 131 cm³/mol. The molecule has 0 spiro atoms. The highest BCUT2D eigenvalue weighted by atomic mass is 16.2. The summed E-state index contributed by atoms with van der Waals surface area (Å²) in [7, 11) is 0. The molecule has 4 aromatic rings. The topological polar surface area (TPSA) is 85.1 Å². The number of anilines is 2. The molecule has 2 aromatic carbocycles. The van der Waals surface area contributed by atoms with Gasteiger partial charge in [-0.25, -0.2) is 14.8 Å². The number of terminal acetylenes is 1. The minimum Gasteiger partial charge on any atom is -0.343 e. The van der Waals surface area contributed by atoms with E-state index in [4.69, 9.17) is 6.42 Å². The van der Waals surface area contributed by atoms with Crippen LogP contribution in [0.1, 0.15) is 24.8 Å². The van der Waals surface area contributed by atoms with Gasteiger partial charge in [-0.15, -0.1) is 6.42 Å². The first kappa shape index (κ1) is 21.5. The molecule has 5 rings (SSSR count). The monoisotopic (exact) mass is 452 g/mol. The second kappa shape index (κ2) is 9.24. The van der Waals surface area contributed by atoms with Crippen LogP contribution in [0.4, 0.5) is 11.5 Å². The first-order valence-electron chi connectivity index (χ1n) is 11.3. The Morgan fingerprint density at radius 1 is 1.09 bits per heavy atom. The maximum Gasteiger partial charge on any atom is 0.332 e. The molecule has 1 aliphatic heterocycles. The number of fused-ring (bicyclic) bond motifs is 1. The van der Waals surface area contributed by atoms with E-state index in [1.165, 1.54) is 6.33 Å². The van der Waals surface area contributed by atoms with Gasteiger partial charge in [0.15, 0.2) is 0 Å². The highest BCUT2D eigenvalue weighted by molar-refractivity contribution is 5.92. The zero-order chi connectivity index (χ0) is 23.5. The van der Waals surface area contributed by atoms with E-state index in [0.717, 1.165) is 48.1 Å². The van der Waals surface area contributed by atoms with E-state index >= 15 is 0 Å². The summed E-state index contributed by atoms with van der Waals surface area (Å²) in [5.41, 5.74) is 2.82. The average molecular weight is 453 g/mol. The summed E-state index contributed by atoms with van der Waals surface area (Å²) >= 11 is 0. The molecule has 1 N–H and O–H groups in total. The SMILES string of the molecule is C#Cc1cccc(Nc2ncnc3ccc(-n4ccn(CCC(=O)N5CCCC5)c4=O)cc23)c1. The number of likely N-dealkylation sites (tertiary alicyclic amines) is 1. The maximum atomic E-state index is 13.0. The number of carbonyl (C=O) groups excluding carboxylic acids is 1. The fourth-order valence-corrected chi connectivity index (χ4v) is 4.24. The number of amides is 1. The molecule has 0 unspecified atom stereocenters. The lowest BCUT2D eigenvalue weighted by Gasteiger charge is -2.14. The van der Waals surface area contributed by atoms with Crippen LogP contribution in [-0.2, 0) is 11.3 Å². The van der Waals surface area contributed by atoms with Gasteiger partial charge in [0.1, 0.15) is 12.1 Å². The van der Waals surface area contributed by atoms with Gasteiger partial charge in [-0.05, 0) is 49.2 Å². The number of aromatic nitrogens is 4. The highest BCUT2D eigenvalue weighted by Gasteiger charge is 2.18. The van der Waals surface area contributed by atoms with Crippen molar-refractivity contribution < 1.29 is 4.79 Å². The van der Waals surface area contributed by atoms with Gasteiger partial charge >= 0.3 is 5.69 Å². The van der Waals surface area contributed by atoms with Crippen LogP contribution in [0.3, 0.4) is 0 Å². The van der Waals surface area contributed by atoms with Gasteiger partial charge in [-0.2, -0.15) is 0 Å². The summed E-state index contributed by atoms with van der Waals surface area (Å²) in [5, 5.41) is 4.07. The van der Waals surface area contributed by atoms with Crippen LogP contribution in [0.25, 0.3) is 16.6 Å². The minimum atomic E-state index is -0.193. The second-order valence-electron chi connectivity index (χ2n) is 8.26. The molecule has 1 aliphatic rings. The van der Waals surface area contributed by atoms with Crippen LogP contribution in [0.5, 0.6) is 0 Å². The van der Waals surface area contributed by atoms with Crippen molar-refractivity contribution >= 4 is 28.3 Å². The van der Waals surface area contributed by atoms with Crippen LogP contribution >= 0.6 is 0 Å². The van der Waals surface area contributed by atoms with Crippen molar-refractivity contribution in [2.45, 2.75) is 25.8 Å². The van der Waals surface area contributed by atoms with Crippen LogP contribution in [-0.4, -0.2) is 43.0 Å². The molecule has 0 saturated carbocycles. The number of benzene rings is 2. The number of hydrogen-bond donors (Lipinski definition) is 1. The Balaban J connectivity index is 1.41. The Hall–Kier alpha value is -4.38. The largest absolute Gasteiger partial charge is 0.343 e. The van der Waals surface area contributed by atoms with E-state index in [1.807, 2.05) is 47.4 Å². The molecule has 1 saturated heterocycles. The van der Waals surface area contributed by atoms with Crippen molar-refractivity contribution in [2.75, 3.05) is 18.4 Å². The summed E-state index contributed by atoms with van der Waals surface area (Å²) < 4.78 is 3.14. The Kier molecular flexibility index (Phi) is 5.83. The summed E-state index contributed by atoms with van der Waals surface area (Å²) in [6.07, 6.45) is 12.9. The van der Waals surface area contributed by atoms with E-state index in [-0.39, 0.29) is 11.6 Å². The highest BCUT2D eigenvalue weighted by Crippen LogP contribution is 2.25. The van der Waals surface area contributed by atoms with Crippen LogP contribution in [0, 0.1) is 12.3 Å². The molecule has 8 nitrogen and oxygen atoms in total. The van der Waals surface area contributed by atoms with E-state index in [2.05, 4.69) is 21.2 Å². The zero-order valence-electron chi connectivity index (χ0n) is 18.6. The van der Waals surface area contributed by atoms with Crippen LogP contribution in [0.2, 0.25) is 0 Å². The number of hydrogen-bond acceptors (Lipinski definition) is 5. The van der Waals surface area contributed by atoms with Gasteiger partial charge in [0.25, 0.3) is 0 Å². The van der Waals surface area contributed by atoms with E-state index in [9.17, 15) is 9.59 Å². The van der Waals surface area contributed by atoms with Crippen molar-refractivity contribution in [1.82, 2.24) is 24.0 Å². The van der Waals surface area contributed by atoms with Crippen molar-refractivity contribution in [3.8, 4) is 18.0 Å². The van der Waals surface area contributed by atoms with Crippen molar-refractivity contribution in [3.63, 3.8) is 0 Å². The normalized spacial score (nSPS) is 13.2. The molecule has 3 heterocycles. The molecule has 0 atom stereocenters. The Morgan fingerprint density at radius 2 is 1.94 bits per heavy atom. The van der Waals surface area contributed by atoms with Gasteiger partial charge in [0.2, 0.25) is 5.91 Å². The average Bonchev–Trinajstić information content (AvgIpc) is 3.53. The lowest BCUT2D eigenvalue weighted by Crippen LogP contribution is -2.30. The predicted octanol–water partition coefficient (Wildman–Crippen LogP) is 3.32. The Labute approximate surface area is 196 Å². The van der Waals surface area contributed by atoms with E-state index < -0.39 is 0 Å². The standard InChI is InChI=1S/C26H24N6O2/c1-2-19-6-5-7-20(16-19)29-25-22-17-21(8-9-23(22)27-18-28-25)32-15-14-31(26(32)34)13-10-24(33)30-11-3-4-12-30/h1,5-9,14-18H,3-4,10-13H2,(H,27,28,29). The third kappa shape index (κ3) is 4.28. The summed E-state index contributed by atoms with van der Waals surface area (Å²) in [6, 6.07) is 13.1. The molecule has 2 aromatic heterocycles. The third-order valence-electron chi connectivity index (χ3n) is 6.06. The van der Waals surface area contributed by atoms with Crippen LogP contribution < -0.4 is 11.0 Å². The molecule has 0 radical (unpaired) electrons. The molecule has 8 heteroatoms. The Bertz CT molecular complexity index is 1460. The van der Waals surface area contributed by atoms with E-state index in [0.29, 0.717) is 24.5 Å². The fraction of sp³-hybridized carbons (Fsp3) is 0.231. The number of rotatable bonds is 6. The Morgan fingerprint density at radius 3 is 2.76 bits per heavy atom. The van der Waals surface area contributed by atoms with Crippen molar-refractivity contribution in [3.05, 3.63) is 77.2 Å². The third-order valence-corrected chi connectivity index (χ3v) is 6.06. The molecule has 1 amide bonds. The molecule has 0 bridgehead atoms. The molecule has 170 valence electrons. The quantitative estimate of drug-likeness (QED) is 0.454. The fourth-order valence-electron chi connectivity index (χ4n) is 4.24. The van der Waals surface area contributed by atoms with Crippen molar-refractivity contribution in [2.24, 2.45) is 0 Å². The van der Waals surface area contributed by atoms with Gasteiger partial charge in [0.05, 0.1) is 11.2 Å². The van der Waals surface area contributed by atoms with Crippen LogP contribution in [0.15, 0.2) is 66.0 Å². The first-order valence-corrected chi connectivity index (χ1v) is 11.3. The lowest BCUT2D eigenvalue weighted by atomic mass is 10.2. The molecule has 0 aliphatic carbocycles. The van der Waals surface area contributed by atoms with E-state index in [1.54, 1.807) is 21.5 Å². The molecule has 1 fully saturated rings. The number of nitrogens with one attached hydrogen (secondary N) is 1. The first-order chi connectivity index (χ1) is 16.6. The number of aryl methyl sites for hydroxylation is 1. The summed E-state index contributed by atoms with van der Waals surface area (Å²) in [6.45, 7) is 1.99. The van der Waals surface area contributed by atoms with Gasteiger partial charge in [0, 0.05) is 55.1 Å². The second-order valence-corrected chi connectivity index (χ2v) is 8.26. The zero-order valence-corrected chi connectivity index (χ0v) is 18.6. The molecule has 34 heavy (non-hydrogen) atoms. The molecular formula is C26H24N6O2. The van der Waals surface area contributed by atoms with Gasteiger partial charge in [-0.3, -0.25) is 13.9 Å². The number of carbonyl (C=O) groups is 1. The summed E-state index contributed by atoms with van der Waals surface area (Å²) in [4.78, 5) is 36.0. The number of nitrogens with zero attached hydrogens (tertiary/aromatic N) is 5. The van der Waals surface area contributed by atoms with Gasteiger partial charge < -0.3 is 10.2 Å². The minimum absolute atomic E-state index is 0.102. The summed E-state index contributed by atoms with van der Waals surface area (Å²) in [5.74, 6) is 3.34. The maximum absolute atomic E-state index is 13.0.